The molecule has 8 nitrogen and oxygen atoms in total. The number of Topliss-reactive ketones (excluding diaryl/α,β-unsaturated/α-hetero) is 1. The number of benzene rings is 2. The molecule has 1 unspecified atom stereocenters. The minimum absolute atomic E-state index is 0.116. The number of methoxy groups -OCH3 is 1. The Bertz CT molecular complexity index is 1370. The number of carbonyl (C=O) groups excluding carboxylic acids is 3. The van der Waals surface area contributed by atoms with E-state index in [2.05, 4.69) is 4.98 Å². The molecule has 1 aliphatic heterocycles. The number of rotatable bonds is 7. The Morgan fingerprint density at radius 1 is 1.05 bits per heavy atom. The zero-order valence-corrected chi connectivity index (χ0v) is 21.4. The third-order valence-corrected chi connectivity index (χ3v) is 6.27. The first-order valence-electron chi connectivity index (χ1n) is 11.3. The number of anilines is 1. The molecule has 1 N–H and O–H groups in total. The number of amides is 1. The van der Waals surface area contributed by atoms with Crippen molar-refractivity contribution < 1.29 is 29.0 Å². The summed E-state index contributed by atoms with van der Waals surface area (Å²) in [6.45, 7) is 2.17. The second-order valence-corrected chi connectivity index (χ2v) is 8.89. The number of ketones is 1. The van der Waals surface area contributed by atoms with E-state index >= 15 is 0 Å². The zero-order chi connectivity index (χ0) is 26.7. The van der Waals surface area contributed by atoms with Gasteiger partial charge >= 0.3 is 5.97 Å². The molecule has 0 aliphatic carbocycles. The standard InChI is InChI=1S/C27H22Cl2N2O6/c1-3-12-37-27(35)15-7-9-17(10-8-15)31-22(20-6-4-5-11-30-20)21(24(33)26(31)34)23(32)16-13-18(28)25(36-2)19(29)14-16/h4-11,13-14,22,32H,3,12H2,1-2H3/b23-21+. The molecule has 2 heterocycles. The van der Waals surface area contributed by atoms with E-state index in [9.17, 15) is 19.5 Å². The number of pyridine rings is 1. The summed E-state index contributed by atoms with van der Waals surface area (Å²) in [5.41, 5.74) is 0.914. The maximum absolute atomic E-state index is 13.3. The minimum atomic E-state index is -1.06. The molecule has 4 rings (SSSR count). The van der Waals surface area contributed by atoms with Crippen LogP contribution in [0.2, 0.25) is 10.0 Å². The van der Waals surface area contributed by atoms with Gasteiger partial charge in [-0.2, -0.15) is 0 Å². The first kappa shape index (κ1) is 26.2. The lowest BCUT2D eigenvalue weighted by Crippen LogP contribution is -2.29. The fourth-order valence-corrected chi connectivity index (χ4v) is 4.64. The molecule has 37 heavy (non-hydrogen) atoms. The molecule has 0 saturated carbocycles. The summed E-state index contributed by atoms with van der Waals surface area (Å²) in [7, 11) is 1.40. The zero-order valence-electron chi connectivity index (χ0n) is 19.9. The Morgan fingerprint density at radius 3 is 2.30 bits per heavy atom. The van der Waals surface area contributed by atoms with Gasteiger partial charge in [-0.15, -0.1) is 0 Å². The van der Waals surface area contributed by atoms with Crippen LogP contribution in [0.5, 0.6) is 5.75 Å². The number of ether oxygens (including phenoxy) is 2. The van der Waals surface area contributed by atoms with Crippen molar-refractivity contribution in [2.24, 2.45) is 0 Å². The predicted octanol–water partition coefficient (Wildman–Crippen LogP) is 5.59. The lowest BCUT2D eigenvalue weighted by molar-refractivity contribution is -0.132. The molecule has 1 fully saturated rings. The highest BCUT2D eigenvalue weighted by molar-refractivity contribution is 6.51. The Morgan fingerprint density at radius 2 is 1.73 bits per heavy atom. The van der Waals surface area contributed by atoms with Gasteiger partial charge in [0.05, 0.1) is 40.6 Å². The summed E-state index contributed by atoms with van der Waals surface area (Å²) >= 11 is 12.5. The molecule has 190 valence electrons. The van der Waals surface area contributed by atoms with E-state index in [1.807, 2.05) is 6.92 Å². The van der Waals surface area contributed by atoms with E-state index in [0.717, 1.165) is 0 Å². The molecule has 0 radical (unpaired) electrons. The summed E-state index contributed by atoms with van der Waals surface area (Å²) in [6.07, 6.45) is 2.20. The summed E-state index contributed by atoms with van der Waals surface area (Å²) in [6, 6.07) is 12.8. The number of hydrogen-bond acceptors (Lipinski definition) is 7. The second kappa shape index (κ2) is 11.0. The first-order valence-corrected chi connectivity index (χ1v) is 12.1. The third kappa shape index (κ3) is 5.03. The lowest BCUT2D eigenvalue weighted by atomic mass is 9.98. The molecule has 1 saturated heterocycles. The second-order valence-electron chi connectivity index (χ2n) is 8.08. The molecule has 1 amide bonds. The molecule has 1 aromatic heterocycles. The van der Waals surface area contributed by atoms with Crippen LogP contribution >= 0.6 is 23.2 Å². The Hall–Kier alpha value is -3.88. The third-order valence-electron chi connectivity index (χ3n) is 5.71. The highest BCUT2D eigenvalue weighted by Gasteiger charge is 2.47. The summed E-state index contributed by atoms with van der Waals surface area (Å²) < 4.78 is 10.3. The fourth-order valence-electron chi connectivity index (χ4n) is 4.00. The Kier molecular flexibility index (Phi) is 7.80. The maximum atomic E-state index is 13.3. The van der Waals surface area contributed by atoms with E-state index in [0.29, 0.717) is 23.4 Å². The minimum Gasteiger partial charge on any atom is -0.507 e. The van der Waals surface area contributed by atoms with Crippen LogP contribution < -0.4 is 9.64 Å². The Labute approximate surface area is 223 Å². The molecule has 0 spiro atoms. The van der Waals surface area contributed by atoms with Crippen molar-refractivity contribution in [3.8, 4) is 5.75 Å². The normalized spacial score (nSPS) is 16.6. The van der Waals surface area contributed by atoms with Crippen LogP contribution in [-0.4, -0.2) is 41.5 Å². The van der Waals surface area contributed by atoms with Gasteiger partial charge in [0, 0.05) is 17.4 Å². The van der Waals surface area contributed by atoms with Crippen molar-refractivity contribution >= 4 is 52.3 Å². The lowest BCUT2D eigenvalue weighted by Gasteiger charge is -2.24. The summed E-state index contributed by atoms with van der Waals surface area (Å²) in [4.78, 5) is 44.3. The predicted molar refractivity (Wildman–Crippen MR) is 139 cm³/mol. The monoisotopic (exact) mass is 540 g/mol. The average Bonchev–Trinajstić information content (AvgIpc) is 3.17. The van der Waals surface area contributed by atoms with Gasteiger partial charge in [-0.05, 0) is 55.0 Å². The summed E-state index contributed by atoms with van der Waals surface area (Å²) in [5.74, 6) is -2.54. The number of nitrogens with zero attached hydrogens (tertiary/aromatic N) is 2. The molecule has 1 atom stereocenters. The fraction of sp³-hybridized carbons (Fsp3) is 0.185. The van der Waals surface area contributed by atoms with Crippen molar-refractivity contribution in [1.29, 1.82) is 0 Å². The molecule has 2 aromatic carbocycles. The van der Waals surface area contributed by atoms with Gasteiger partial charge in [0.25, 0.3) is 11.7 Å². The van der Waals surface area contributed by atoms with Crippen LogP contribution in [0.3, 0.4) is 0 Å². The SMILES string of the molecule is CCCOC(=O)c1ccc(N2C(=O)C(=O)/C(=C(/O)c3cc(Cl)c(OC)c(Cl)c3)C2c2ccccn2)cc1. The molecular formula is C27H22Cl2N2O6. The highest BCUT2D eigenvalue weighted by Crippen LogP contribution is 2.43. The van der Waals surface area contributed by atoms with Crippen LogP contribution in [0.4, 0.5) is 5.69 Å². The number of hydrogen-bond donors (Lipinski definition) is 1. The average molecular weight is 541 g/mol. The van der Waals surface area contributed by atoms with Crippen molar-refractivity contribution in [3.63, 3.8) is 0 Å². The number of halogens is 2. The number of aliphatic hydroxyl groups is 1. The van der Waals surface area contributed by atoms with E-state index in [4.69, 9.17) is 32.7 Å². The van der Waals surface area contributed by atoms with Gasteiger partial charge in [-0.25, -0.2) is 4.79 Å². The van der Waals surface area contributed by atoms with Crippen LogP contribution in [0.1, 0.15) is 41.0 Å². The van der Waals surface area contributed by atoms with Crippen molar-refractivity contribution in [3.05, 3.63) is 93.2 Å². The van der Waals surface area contributed by atoms with Gasteiger partial charge in [0.1, 0.15) is 11.8 Å². The van der Waals surface area contributed by atoms with E-state index in [1.54, 1.807) is 18.2 Å². The molecule has 10 heteroatoms. The number of aliphatic hydroxyl groups excluding tert-OH is 1. The van der Waals surface area contributed by atoms with E-state index in [-0.39, 0.29) is 33.5 Å². The summed E-state index contributed by atoms with van der Waals surface area (Å²) in [5, 5.41) is 11.5. The van der Waals surface area contributed by atoms with Crippen molar-refractivity contribution in [1.82, 2.24) is 4.98 Å². The number of aromatic nitrogens is 1. The van der Waals surface area contributed by atoms with Crippen LogP contribution in [0.25, 0.3) is 5.76 Å². The molecule has 3 aromatic rings. The van der Waals surface area contributed by atoms with Crippen LogP contribution in [0.15, 0.2) is 66.4 Å². The van der Waals surface area contributed by atoms with Gasteiger partial charge in [-0.1, -0.05) is 36.2 Å². The smallest absolute Gasteiger partial charge is 0.338 e. The largest absolute Gasteiger partial charge is 0.507 e. The number of carbonyl (C=O) groups is 3. The van der Waals surface area contributed by atoms with E-state index in [1.165, 1.54) is 54.6 Å². The maximum Gasteiger partial charge on any atom is 0.338 e. The van der Waals surface area contributed by atoms with Gasteiger partial charge < -0.3 is 14.6 Å². The van der Waals surface area contributed by atoms with Crippen molar-refractivity contribution in [2.75, 3.05) is 18.6 Å². The van der Waals surface area contributed by atoms with Crippen molar-refractivity contribution in [2.45, 2.75) is 19.4 Å². The molecule has 1 aliphatic rings. The van der Waals surface area contributed by atoms with Gasteiger partial charge in [-0.3, -0.25) is 19.5 Å². The first-order chi connectivity index (χ1) is 17.8. The van der Waals surface area contributed by atoms with Crippen LogP contribution in [0, 0.1) is 0 Å². The van der Waals surface area contributed by atoms with Gasteiger partial charge in [0.2, 0.25) is 0 Å². The molecule has 0 bridgehead atoms. The number of esters is 1. The highest BCUT2D eigenvalue weighted by atomic mass is 35.5. The Balaban J connectivity index is 1.84. The van der Waals surface area contributed by atoms with E-state index < -0.39 is 29.5 Å². The quantitative estimate of drug-likeness (QED) is 0.180. The topological polar surface area (TPSA) is 106 Å². The molecular weight excluding hydrogens is 519 g/mol. The van der Waals surface area contributed by atoms with Gasteiger partial charge in [0.15, 0.2) is 5.75 Å². The van der Waals surface area contributed by atoms with Crippen LogP contribution in [-0.2, 0) is 14.3 Å².